The molecular formula is C66H104N20O18S2. The molecular weight excluding hydrogens is 1420 g/mol. The van der Waals surface area contributed by atoms with Gasteiger partial charge in [-0.2, -0.15) is 0 Å². The molecule has 4 heterocycles. The average molecular weight is 1530 g/mol. The summed E-state index contributed by atoms with van der Waals surface area (Å²) in [5, 5.41) is 75.5. The lowest BCUT2D eigenvalue weighted by Crippen LogP contribution is -2.62. The van der Waals surface area contributed by atoms with Crippen molar-refractivity contribution >= 4 is 110 Å². The van der Waals surface area contributed by atoms with E-state index in [9.17, 15) is 78.0 Å². The molecule has 2 aromatic rings. The normalized spacial score (nSPS) is 24.4. The van der Waals surface area contributed by atoms with Gasteiger partial charge in [0.15, 0.2) is 5.96 Å². The standard InChI is InChI=1S/C66H104N20O18S2/c1-7-34(3)51-43-30-86(83-82-43)36(5)63(101)84-25-15-22-48(84)60(98)80-52(35(4)8-2)61(99)78-45(57(95)74-41(27-38-17-10-9-11-18-38)64(102)85-26-16-21-47(85)59(97)75-42(65(103)104)28-50(90)91)32-105-106-33-46(77-54(92)39(72-49(89)29-68)20-14-24-71-66(69)70)58(96)81-53(37(6)88)62(100)73-40(19-12-13-23-67)55(93)76-44(31-87)56(94)79-51/h9-11,17-18,30,34-37,39-42,44-48,51-53,87-88H,7-8,12-16,19-29,31-33,67-68H2,1-6H3,(H,72,89)(H,73,100)(H,74,95)(H,75,97)(H,76,93)(H,77,92)(H,78,99)(H,79,94)(H,80,98)(H,81,96)(H,90,91)(H,103,104)(H4,69,70,71)/t34-,35-,36-,37+,39-,40-,41-,42-,44-,45-,46-,47-,48-,51-,52-,53-/m0/s1. The van der Waals surface area contributed by atoms with Crippen LogP contribution in [0, 0.1) is 11.8 Å². The number of hydrogen-bond acceptors (Lipinski definition) is 23. The van der Waals surface area contributed by atoms with Crippen molar-refractivity contribution in [1.29, 1.82) is 0 Å². The topological polar surface area (TPSA) is 594 Å². The number of carboxylic acid groups (broad SMARTS) is 2. The number of fused-ring (bicyclic) bond motifs is 3. The van der Waals surface area contributed by atoms with Gasteiger partial charge in [-0.25, -0.2) is 9.48 Å². The van der Waals surface area contributed by atoms with Crippen molar-refractivity contribution in [3.05, 3.63) is 47.8 Å². The fraction of sp³-hybridized carbons (Fsp3) is 0.652. The van der Waals surface area contributed by atoms with Crippen molar-refractivity contribution in [2.24, 2.45) is 39.8 Å². The second-order valence-corrected chi connectivity index (χ2v) is 29.0. The Bertz CT molecular complexity index is 3410. The molecule has 0 spiro atoms. The summed E-state index contributed by atoms with van der Waals surface area (Å²) >= 11 is 0. The summed E-state index contributed by atoms with van der Waals surface area (Å²) in [5.74, 6) is -16.3. The number of carbonyl (C=O) groups excluding carboxylic acids is 12. The summed E-state index contributed by atoms with van der Waals surface area (Å²) in [7, 11) is 1.66. The van der Waals surface area contributed by atoms with E-state index in [-0.39, 0.29) is 102 Å². The van der Waals surface area contributed by atoms with E-state index in [1.54, 1.807) is 51.1 Å². The Labute approximate surface area is 621 Å². The van der Waals surface area contributed by atoms with Gasteiger partial charge in [-0.1, -0.05) is 97.7 Å². The summed E-state index contributed by atoms with van der Waals surface area (Å²) in [4.78, 5) is 204. The van der Waals surface area contributed by atoms with E-state index in [1.165, 1.54) is 22.7 Å². The summed E-state index contributed by atoms with van der Waals surface area (Å²) in [6, 6.07) is -10.9. The van der Waals surface area contributed by atoms with E-state index in [0.29, 0.717) is 24.8 Å². The van der Waals surface area contributed by atoms with Crippen LogP contribution in [0.1, 0.15) is 142 Å². The highest BCUT2D eigenvalue weighted by Gasteiger charge is 2.44. The van der Waals surface area contributed by atoms with Crippen molar-refractivity contribution in [3.63, 3.8) is 0 Å². The number of rotatable bonds is 28. The van der Waals surface area contributed by atoms with Gasteiger partial charge in [0, 0.05) is 37.6 Å². The molecule has 38 nitrogen and oxygen atoms in total. The molecule has 1 aromatic heterocycles. The maximum absolute atomic E-state index is 15.3. The first-order valence-electron chi connectivity index (χ1n) is 35.4. The third-order valence-corrected chi connectivity index (χ3v) is 21.0. The van der Waals surface area contributed by atoms with Crippen LogP contribution in [0.15, 0.2) is 41.5 Å². The molecule has 16 atom stereocenters. The lowest BCUT2D eigenvalue weighted by atomic mass is 9.96. The highest BCUT2D eigenvalue weighted by molar-refractivity contribution is 8.76. The first-order chi connectivity index (χ1) is 50.4. The first-order valence-corrected chi connectivity index (χ1v) is 37.9. The molecule has 106 heavy (non-hydrogen) atoms. The van der Waals surface area contributed by atoms with Gasteiger partial charge in [-0.05, 0) is 95.6 Å². The Hall–Kier alpha value is -9.25. The van der Waals surface area contributed by atoms with Crippen molar-refractivity contribution in [1.82, 2.24) is 78.0 Å². The molecule has 5 rings (SSSR count). The third-order valence-electron chi connectivity index (χ3n) is 18.5. The Morgan fingerprint density at radius 1 is 0.708 bits per heavy atom. The molecule has 0 aliphatic carbocycles. The lowest BCUT2D eigenvalue weighted by molar-refractivity contribution is -0.148. The number of aliphatic hydroxyl groups excluding tert-OH is 2. The molecule has 3 aliphatic rings. The van der Waals surface area contributed by atoms with Crippen molar-refractivity contribution in [2.45, 2.75) is 210 Å². The number of nitrogens with two attached hydrogens (primary N) is 4. The largest absolute Gasteiger partial charge is 0.481 e. The number of aliphatic hydroxyl groups is 2. The van der Waals surface area contributed by atoms with Gasteiger partial charge >= 0.3 is 11.9 Å². The number of guanidine groups is 1. The molecule has 0 radical (unpaired) electrons. The number of carbonyl (C=O) groups is 14. The van der Waals surface area contributed by atoms with Crippen LogP contribution in [-0.2, 0) is 73.5 Å². The minimum Gasteiger partial charge on any atom is -0.481 e. The molecule has 0 unspecified atom stereocenters. The van der Waals surface area contributed by atoms with Crippen LogP contribution < -0.4 is 76.1 Å². The zero-order chi connectivity index (χ0) is 78.5. The summed E-state index contributed by atoms with van der Waals surface area (Å²) in [5.41, 5.74) is 23.2. The van der Waals surface area contributed by atoms with E-state index < -0.39 is 204 Å². The van der Waals surface area contributed by atoms with Crippen molar-refractivity contribution in [2.75, 3.05) is 50.8 Å². The number of hydrogen-bond donors (Lipinski definition) is 18. The summed E-state index contributed by atoms with van der Waals surface area (Å²) in [6.45, 7) is 8.38. The van der Waals surface area contributed by atoms with Crippen LogP contribution in [0.3, 0.4) is 0 Å². The average Bonchev–Trinajstić information content (AvgIpc) is 1.62. The molecule has 22 N–H and O–H groups in total. The number of amides is 12. The number of aliphatic carboxylic acids is 2. The van der Waals surface area contributed by atoms with E-state index in [1.807, 2.05) is 6.92 Å². The number of carboxylic acids is 2. The molecule has 588 valence electrons. The van der Waals surface area contributed by atoms with Gasteiger partial charge in [-0.3, -0.25) is 67.3 Å². The van der Waals surface area contributed by atoms with Crippen LogP contribution in [0.4, 0.5) is 0 Å². The fourth-order valence-corrected chi connectivity index (χ4v) is 14.3. The minimum absolute atomic E-state index is 0.00763. The Morgan fingerprint density at radius 2 is 1.33 bits per heavy atom. The zero-order valence-corrected chi connectivity index (χ0v) is 62.0. The molecule has 40 heteroatoms. The molecule has 12 amide bonds. The molecule has 0 saturated carbocycles. The monoisotopic (exact) mass is 1530 g/mol. The number of aromatic nitrogens is 3. The molecule has 2 fully saturated rings. The molecule has 3 aliphatic heterocycles. The number of nitrogens with one attached hydrogen (secondary N) is 10. The Balaban J connectivity index is 1.65. The number of benzene rings is 1. The van der Waals surface area contributed by atoms with E-state index in [2.05, 4.69) is 68.5 Å². The van der Waals surface area contributed by atoms with Gasteiger partial charge in [0.05, 0.1) is 37.9 Å². The molecule has 1 aromatic carbocycles. The predicted molar refractivity (Wildman–Crippen MR) is 387 cm³/mol. The second-order valence-electron chi connectivity index (χ2n) is 26.5. The van der Waals surface area contributed by atoms with Gasteiger partial charge in [0.1, 0.15) is 78.2 Å². The van der Waals surface area contributed by atoms with Crippen LogP contribution in [-0.4, -0.2) is 257 Å². The SMILES string of the molecule is CC[C@H](C)[C@@H]1NC(=O)[C@@H]2CCCN2C(=O)[C@H](C)n2cc(nn2)[C@H]([C@@H](C)CC)NC(=O)[C@H](CO)NC(=O)[C@H](CCCCN)NC(=O)[C@H]([C@@H](C)O)NC(=O)[C@@H](NC(=O)[C@H](CCCN=C(N)N)NC(=O)CN)CSSC[C@@H](C(=O)N[C@@H](Cc2ccccc2)C(=O)N2CCC[C@H]2C(=O)N[C@@H](CC(=O)O)C(=O)O)NC1=O. The van der Waals surface area contributed by atoms with Crippen molar-refractivity contribution in [3.8, 4) is 0 Å². The predicted octanol–water partition coefficient (Wildman–Crippen LogP) is -4.85. The maximum Gasteiger partial charge on any atom is 0.326 e. The summed E-state index contributed by atoms with van der Waals surface area (Å²) < 4.78 is 1.25. The number of nitrogens with zero attached hydrogens (tertiary/aromatic N) is 6. The van der Waals surface area contributed by atoms with Crippen LogP contribution in [0.25, 0.3) is 0 Å². The van der Waals surface area contributed by atoms with Crippen molar-refractivity contribution < 1.29 is 87.5 Å². The molecule has 2 bridgehead atoms. The van der Waals surface area contributed by atoms with Gasteiger partial charge in [0.25, 0.3) is 0 Å². The Kier molecular flexibility index (Phi) is 35.8. The summed E-state index contributed by atoms with van der Waals surface area (Å²) in [6.07, 6.45) is 0.392. The number of unbranched alkanes of at least 4 members (excludes halogenated alkanes) is 1. The second kappa shape index (κ2) is 43.4. The van der Waals surface area contributed by atoms with Gasteiger partial charge in [0.2, 0.25) is 70.9 Å². The van der Waals surface area contributed by atoms with Crippen LogP contribution in [0.2, 0.25) is 0 Å². The van der Waals surface area contributed by atoms with E-state index >= 15 is 9.59 Å². The quantitative estimate of drug-likeness (QED) is 0.0164. The zero-order valence-electron chi connectivity index (χ0n) is 60.4. The minimum atomic E-state index is -1.91. The number of aliphatic imine (C=N–C) groups is 1. The first kappa shape index (κ1) is 87.4. The molecule has 2 saturated heterocycles. The van der Waals surface area contributed by atoms with Gasteiger partial charge in [-0.15, -0.1) is 5.10 Å². The van der Waals surface area contributed by atoms with E-state index in [0.717, 1.165) is 33.4 Å². The van der Waals surface area contributed by atoms with Gasteiger partial charge < -0.3 is 106 Å². The third kappa shape index (κ3) is 26.1. The number of likely N-dealkylation sites (tertiary alicyclic amines) is 1. The maximum atomic E-state index is 15.3. The van der Waals surface area contributed by atoms with Crippen LogP contribution >= 0.6 is 21.6 Å². The lowest BCUT2D eigenvalue weighted by Gasteiger charge is -2.32. The smallest absolute Gasteiger partial charge is 0.326 e. The van der Waals surface area contributed by atoms with Crippen LogP contribution in [0.5, 0.6) is 0 Å². The fourth-order valence-electron chi connectivity index (χ4n) is 12.0. The highest BCUT2D eigenvalue weighted by Crippen LogP contribution is 2.28. The Morgan fingerprint density at radius 3 is 1.96 bits per heavy atom. The highest BCUT2D eigenvalue weighted by atomic mass is 33.1. The van der Waals surface area contributed by atoms with E-state index in [4.69, 9.17) is 22.9 Å².